The Labute approximate surface area is 101 Å². The molecule has 2 N–H and O–H groups in total. The molecule has 0 saturated heterocycles. The summed E-state index contributed by atoms with van der Waals surface area (Å²) in [4.78, 5) is 8.50. The molecule has 90 valence electrons. The highest BCUT2D eigenvalue weighted by molar-refractivity contribution is 5.67. The second-order valence-electron chi connectivity index (χ2n) is 4.20. The Morgan fingerprint density at radius 2 is 2.24 bits per heavy atom. The predicted octanol–water partition coefficient (Wildman–Crippen LogP) is 2.10. The quantitative estimate of drug-likeness (QED) is 0.820. The molecule has 17 heavy (non-hydrogen) atoms. The van der Waals surface area contributed by atoms with Crippen molar-refractivity contribution >= 4 is 5.82 Å². The molecule has 2 aromatic heterocycles. The highest BCUT2D eigenvalue weighted by Gasteiger charge is 2.14. The van der Waals surface area contributed by atoms with Gasteiger partial charge in [0.05, 0.1) is 24.5 Å². The van der Waals surface area contributed by atoms with Gasteiger partial charge in [0.1, 0.15) is 11.5 Å². The maximum absolute atomic E-state index is 6.06. The summed E-state index contributed by atoms with van der Waals surface area (Å²) in [5.41, 5.74) is 7.78. The van der Waals surface area contributed by atoms with Crippen LogP contribution in [-0.2, 0) is 6.54 Å². The molecule has 0 atom stereocenters. The van der Waals surface area contributed by atoms with Crippen molar-refractivity contribution in [2.24, 2.45) is 0 Å². The van der Waals surface area contributed by atoms with Crippen LogP contribution in [0.4, 0.5) is 5.82 Å². The zero-order valence-corrected chi connectivity index (χ0v) is 10.2. The van der Waals surface area contributed by atoms with E-state index >= 15 is 0 Å². The number of imidazole rings is 2. The molecular formula is C12H17N5. The summed E-state index contributed by atoms with van der Waals surface area (Å²) in [6.07, 6.45) is 7.11. The Bertz CT molecular complexity index is 521. The van der Waals surface area contributed by atoms with E-state index in [0.29, 0.717) is 18.4 Å². The standard InChI is InChI=1S/C12H17N5/c1-4-5-16-8-15-11(12(16)13)10-6-14-7-17(10)9(2)3/h4,6-9H,1,5,13H2,2-3H3. The molecule has 5 heteroatoms. The fourth-order valence-corrected chi connectivity index (χ4v) is 1.77. The van der Waals surface area contributed by atoms with Crippen molar-refractivity contribution in [2.75, 3.05) is 5.73 Å². The Morgan fingerprint density at radius 3 is 2.88 bits per heavy atom. The van der Waals surface area contributed by atoms with Crippen molar-refractivity contribution < 1.29 is 0 Å². The Kier molecular flexibility index (Phi) is 2.99. The lowest BCUT2D eigenvalue weighted by atomic mass is 10.3. The molecule has 2 aromatic rings. The molecule has 0 unspecified atom stereocenters. The molecule has 0 aliphatic carbocycles. The maximum atomic E-state index is 6.06. The summed E-state index contributed by atoms with van der Waals surface area (Å²) in [6.45, 7) is 8.55. The first-order valence-corrected chi connectivity index (χ1v) is 5.58. The third-order valence-corrected chi connectivity index (χ3v) is 2.67. The summed E-state index contributed by atoms with van der Waals surface area (Å²) in [7, 11) is 0. The number of allylic oxidation sites excluding steroid dienone is 1. The highest BCUT2D eigenvalue weighted by atomic mass is 15.1. The first-order valence-electron chi connectivity index (χ1n) is 5.58. The number of rotatable bonds is 4. The molecule has 0 radical (unpaired) electrons. The molecule has 0 bridgehead atoms. The lowest BCUT2D eigenvalue weighted by molar-refractivity contribution is 0.605. The minimum atomic E-state index is 0.330. The van der Waals surface area contributed by atoms with Gasteiger partial charge in [0.15, 0.2) is 0 Å². The van der Waals surface area contributed by atoms with Gasteiger partial charge in [0.25, 0.3) is 0 Å². The summed E-state index contributed by atoms with van der Waals surface area (Å²) in [5.74, 6) is 0.646. The van der Waals surface area contributed by atoms with Crippen molar-refractivity contribution in [3.8, 4) is 11.4 Å². The van der Waals surface area contributed by atoms with Gasteiger partial charge in [0, 0.05) is 12.6 Å². The topological polar surface area (TPSA) is 61.7 Å². The number of anilines is 1. The Hall–Kier alpha value is -2.04. The van der Waals surface area contributed by atoms with Crippen molar-refractivity contribution in [1.82, 2.24) is 19.1 Å². The van der Waals surface area contributed by atoms with E-state index in [1.807, 2.05) is 4.57 Å². The van der Waals surface area contributed by atoms with Gasteiger partial charge in [-0.2, -0.15) is 0 Å². The largest absolute Gasteiger partial charge is 0.383 e. The van der Waals surface area contributed by atoms with Crippen LogP contribution < -0.4 is 5.73 Å². The number of aromatic nitrogens is 4. The number of nitrogens with zero attached hydrogens (tertiary/aromatic N) is 4. The lowest BCUT2D eigenvalue weighted by Crippen LogP contribution is -2.04. The van der Waals surface area contributed by atoms with Crippen molar-refractivity contribution in [3.63, 3.8) is 0 Å². The molecule has 5 nitrogen and oxygen atoms in total. The van der Waals surface area contributed by atoms with Crippen LogP contribution in [0.15, 0.2) is 31.5 Å². The number of hydrogen-bond donors (Lipinski definition) is 1. The minimum absolute atomic E-state index is 0.330. The highest BCUT2D eigenvalue weighted by Crippen LogP contribution is 2.26. The Balaban J connectivity index is 2.46. The van der Waals surface area contributed by atoms with Gasteiger partial charge in [0.2, 0.25) is 0 Å². The molecule has 2 rings (SSSR count). The molecule has 0 fully saturated rings. The van der Waals surface area contributed by atoms with Gasteiger partial charge >= 0.3 is 0 Å². The summed E-state index contributed by atoms with van der Waals surface area (Å²) < 4.78 is 3.91. The van der Waals surface area contributed by atoms with E-state index < -0.39 is 0 Å². The summed E-state index contributed by atoms with van der Waals surface area (Å²) in [5, 5.41) is 0. The van der Waals surface area contributed by atoms with E-state index in [1.54, 1.807) is 24.9 Å². The monoisotopic (exact) mass is 231 g/mol. The average Bonchev–Trinajstić information content (AvgIpc) is 2.87. The van der Waals surface area contributed by atoms with Gasteiger partial charge < -0.3 is 14.9 Å². The predicted molar refractivity (Wildman–Crippen MR) is 68.4 cm³/mol. The summed E-state index contributed by atoms with van der Waals surface area (Å²) >= 11 is 0. The average molecular weight is 231 g/mol. The second kappa shape index (κ2) is 4.45. The van der Waals surface area contributed by atoms with E-state index in [-0.39, 0.29) is 0 Å². The lowest BCUT2D eigenvalue weighted by Gasteiger charge is -2.10. The minimum Gasteiger partial charge on any atom is -0.383 e. The van der Waals surface area contributed by atoms with E-state index in [9.17, 15) is 0 Å². The van der Waals surface area contributed by atoms with Crippen LogP contribution in [0.1, 0.15) is 19.9 Å². The van der Waals surface area contributed by atoms with Crippen LogP contribution >= 0.6 is 0 Å². The van der Waals surface area contributed by atoms with Gasteiger partial charge in [-0.25, -0.2) is 9.97 Å². The molecule has 0 aromatic carbocycles. The van der Waals surface area contributed by atoms with Crippen molar-refractivity contribution in [1.29, 1.82) is 0 Å². The summed E-state index contributed by atoms with van der Waals surface area (Å²) in [6, 6.07) is 0.330. The van der Waals surface area contributed by atoms with Gasteiger partial charge in [-0.1, -0.05) is 6.08 Å². The molecule has 0 aliphatic heterocycles. The van der Waals surface area contributed by atoms with Crippen LogP contribution in [-0.4, -0.2) is 19.1 Å². The van der Waals surface area contributed by atoms with Crippen LogP contribution in [0.25, 0.3) is 11.4 Å². The molecule has 0 spiro atoms. The van der Waals surface area contributed by atoms with Gasteiger partial charge in [-0.05, 0) is 13.8 Å². The first-order chi connectivity index (χ1) is 8.15. The molecule has 2 heterocycles. The zero-order valence-electron chi connectivity index (χ0n) is 10.2. The fourth-order valence-electron chi connectivity index (χ4n) is 1.77. The molecule has 0 saturated carbocycles. The van der Waals surface area contributed by atoms with Crippen LogP contribution in [0.5, 0.6) is 0 Å². The molecule has 0 amide bonds. The zero-order chi connectivity index (χ0) is 12.4. The molecular weight excluding hydrogens is 214 g/mol. The van der Waals surface area contributed by atoms with Crippen molar-refractivity contribution in [2.45, 2.75) is 26.4 Å². The van der Waals surface area contributed by atoms with E-state index in [2.05, 4.69) is 35.0 Å². The smallest absolute Gasteiger partial charge is 0.133 e. The van der Waals surface area contributed by atoms with E-state index in [1.165, 1.54) is 0 Å². The van der Waals surface area contributed by atoms with Crippen LogP contribution in [0.3, 0.4) is 0 Å². The number of nitrogens with two attached hydrogens (primary N) is 1. The first kappa shape index (κ1) is 11.4. The van der Waals surface area contributed by atoms with Gasteiger partial charge in [-0.3, -0.25) is 0 Å². The molecule has 0 aliphatic rings. The second-order valence-corrected chi connectivity index (χ2v) is 4.20. The third-order valence-electron chi connectivity index (χ3n) is 2.67. The Morgan fingerprint density at radius 1 is 1.47 bits per heavy atom. The normalized spacial score (nSPS) is 11.0. The van der Waals surface area contributed by atoms with E-state index in [0.717, 1.165) is 11.4 Å². The number of hydrogen-bond acceptors (Lipinski definition) is 3. The fraction of sp³-hybridized carbons (Fsp3) is 0.333. The SMILES string of the molecule is C=CCn1cnc(-c2cncn2C(C)C)c1N. The van der Waals surface area contributed by atoms with E-state index in [4.69, 9.17) is 5.73 Å². The van der Waals surface area contributed by atoms with Crippen LogP contribution in [0.2, 0.25) is 0 Å². The van der Waals surface area contributed by atoms with Crippen molar-refractivity contribution in [3.05, 3.63) is 31.5 Å². The maximum Gasteiger partial charge on any atom is 0.133 e. The third kappa shape index (κ3) is 1.95. The van der Waals surface area contributed by atoms with Crippen LogP contribution in [0, 0.1) is 0 Å². The number of nitrogen functional groups attached to an aromatic ring is 1. The van der Waals surface area contributed by atoms with Gasteiger partial charge in [-0.15, -0.1) is 6.58 Å².